The largest absolute Gasteiger partial charge is 0.344 e. The zero-order chi connectivity index (χ0) is 10.4. The lowest BCUT2D eigenvalue weighted by molar-refractivity contribution is 0.545. The van der Waals surface area contributed by atoms with Crippen LogP contribution in [0, 0.1) is 0 Å². The maximum Gasteiger partial charge on any atom is 0.269 e. The molecule has 3 nitrogen and oxygen atoms in total. The van der Waals surface area contributed by atoms with Gasteiger partial charge in [0.25, 0.3) is 5.56 Å². The fourth-order valence-corrected chi connectivity index (χ4v) is 2.52. The van der Waals surface area contributed by atoms with Gasteiger partial charge in [0.2, 0.25) is 0 Å². The monoisotopic (exact) mass is 220 g/mol. The van der Waals surface area contributed by atoms with E-state index >= 15 is 0 Å². The van der Waals surface area contributed by atoms with Gasteiger partial charge in [-0.25, -0.2) is 0 Å². The number of fused-ring (bicyclic) bond motifs is 3. The van der Waals surface area contributed by atoms with Crippen LogP contribution in [0.3, 0.4) is 0 Å². The van der Waals surface area contributed by atoms with Gasteiger partial charge in [-0.3, -0.25) is 8.77 Å². The molecular formula is C11H12N2OS. The summed E-state index contributed by atoms with van der Waals surface area (Å²) >= 11 is 4.09. The van der Waals surface area contributed by atoms with Gasteiger partial charge >= 0.3 is 0 Å². The van der Waals surface area contributed by atoms with Crippen molar-refractivity contribution in [1.29, 1.82) is 0 Å². The van der Waals surface area contributed by atoms with Crippen molar-refractivity contribution in [2.24, 2.45) is 0 Å². The van der Waals surface area contributed by atoms with E-state index in [-0.39, 0.29) is 5.56 Å². The minimum Gasteiger partial charge on any atom is -0.344 e. The van der Waals surface area contributed by atoms with Crippen molar-refractivity contribution in [3.8, 4) is 0 Å². The Labute approximate surface area is 92.9 Å². The van der Waals surface area contributed by atoms with E-state index < -0.39 is 0 Å². The maximum absolute atomic E-state index is 11.8. The maximum atomic E-state index is 11.8. The second-order valence-corrected chi connectivity index (χ2v) is 4.44. The Morgan fingerprint density at radius 1 is 1.33 bits per heavy atom. The highest BCUT2D eigenvalue weighted by Gasteiger charge is 2.14. The molecule has 0 N–H and O–H groups in total. The SMILES string of the molecule is O=c1c2cc3n(c2ccn1S)CCCC3. The predicted octanol–water partition coefficient (Wildman–Crippen LogP) is 1.83. The molecule has 0 saturated heterocycles. The summed E-state index contributed by atoms with van der Waals surface area (Å²) in [6.45, 7) is 1.04. The van der Waals surface area contributed by atoms with Gasteiger partial charge in [0.15, 0.2) is 0 Å². The highest BCUT2D eigenvalue weighted by atomic mass is 32.1. The molecule has 0 fully saturated rings. The van der Waals surface area contributed by atoms with E-state index in [2.05, 4.69) is 17.4 Å². The first-order chi connectivity index (χ1) is 7.27. The summed E-state index contributed by atoms with van der Waals surface area (Å²) in [6.07, 6.45) is 5.24. The van der Waals surface area contributed by atoms with Crippen LogP contribution in [0.2, 0.25) is 0 Å². The van der Waals surface area contributed by atoms with E-state index in [4.69, 9.17) is 0 Å². The van der Waals surface area contributed by atoms with Gasteiger partial charge in [0.1, 0.15) is 0 Å². The van der Waals surface area contributed by atoms with Crippen LogP contribution in [0.5, 0.6) is 0 Å². The number of aromatic nitrogens is 2. The molecule has 0 aliphatic carbocycles. The Kier molecular flexibility index (Phi) is 1.92. The molecule has 0 atom stereocenters. The minimum atomic E-state index is -0.0160. The Balaban J connectivity index is 2.41. The molecule has 1 aliphatic heterocycles. The number of nitrogens with zero attached hydrogens (tertiary/aromatic N) is 2. The Hall–Kier alpha value is -1.16. The van der Waals surface area contributed by atoms with Crippen molar-refractivity contribution in [2.75, 3.05) is 0 Å². The summed E-state index contributed by atoms with van der Waals surface area (Å²) in [7, 11) is 0. The van der Waals surface area contributed by atoms with Crippen LogP contribution in [-0.4, -0.2) is 8.54 Å². The summed E-state index contributed by atoms with van der Waals surface area (Å²) in [5, 5.41) is 0.796. The molecule has 3 heterocycles. The first kappa shape index (κ1) is 9.09. The van der Waals surface area contributed by atoms with E-state index in [1.54, 1.807) is 6.20 Å². The number of hydrogen-bond acceptors (Lipinski definition) is 2. The summed E-state index contributed by atoms with van der Waals surface area (Å²) in [5.41, 5.74) is 2.32. The van der Waals surface area contributed by atoms with Crippen molar-refractivity contribution in [3.63, 3.8) is 0 Å². The highest BCUT2D eigenvalue weighted by Crippen LogP contribution is 2.23. The van der Waals surface area contributed by atoms with Crippen LogP contribution in [0.25, 0.3) is 10.9 Å². The molecule has 0 bridgehead atoms. The Bertz CT molecular complexity index is 582. The van der Waals surface area contributed by atoms with E-state index in [0.29, 0.717) is 0 Å². The molecule has 2 aromatic rings. The highest BCUT2D eigenvalue weighted by molar-refractivity contribution is 7.78. The van der Waals surface area contributed by atoms with Crippen LogP contribution in [0.4, 0.5) is 0 Å². The van der Waals surface area contributed by atoms with Crippen LogP contribution in [0.15, 0.2) is 23.1 Å². The molecule has 0 aromatic carbocycles. The summed E-state index contributed by atoms with van der Waals surface area (Å²) < 4.78 is 3.60. The van der Waals surface area contributed by atoms with Gasteiger partial charge in [-0.2, -0.15) is 0 Å². The third kappa shape index (κ3) is 1.24. The number of hydrogen-bond donors (Lipinski definition) is 1. The fraction of sp³-hybridized carbons (Fsp3) is 0.364. The average Bonchev–Trinajstić information content (AvgIpc) is 2.63. The molecule has 3 rings (SSSR count). The molecule has 2 aromatic heterocycles. The molecule has 1 aliphatic rings. The van der Waals surface area contributed by atoms with Crippen molar-refractivity contribution >= 4 is 23.7 Å². The minimum absolute atomic E-state index is 0.0160. The Morgan fingerprint density at radius 2 is 2.20 bits per heavy atom. The van der Waals surface area contributed by atoms with E-state index in [9.17, 15) is 4.79 Å². The molecule has 78 valence electrons. The second-order valence-electron chi connectivity index (χ2n) is 4.01. The molecule has 15 heavy (non-hydrogen) atoms. The zero-order valence-corrected chi connectivity index (χ0v) is 9.20. The smallest absolute Gasteiger partial charge is 0.269 e. The zero-order valence-electron chi connectivity index (χ0n) is 8.31. The van der Waals surface area contributed by atoms with Gasteiger partial charge in [-0.05, 0) is 31.4 Å². The summed E-state index contributed by atoms with van der Waals surface area (Å²) in [5.74, 6) is 0. The predicted molar refractivity (Wildman–Crippen MR) is 63.5 cm³/mol. The average molecular weight is 220 g/mol. The summed E-state index contributed by atoms with van der Waals surface area (Å²) in [4.78, 5) is 11.8. The van der Waals surface area contributed by atoms with Crippen LogP contribution >= 0.6 is 12.8 Å². The van der Waals surface area contributed by atoms with Crippen LogP contribution < -0.4 is 5.56 Å². The van der Waals surface area contributed by atoms with Gasteiger partial charge in [-0.15, -0.1) is 0 Å². The first-order valence-electron chi connectivity index (χ1n) is 5.20. The van der Waals surface area contributed by atoms with Gasteiger partial charge in [0, 0.05) is 18.4 Å². The van der Waals surface area contributed by atoms with Gasteiger partial charge in [-0.1, -0.05) is 12.8 Å². The van der Waals surface area contributed by atoms with Crippen molar-refractivity contribution in [2.45, 2.75) is 25.8 Å². The number of pyridine rings is 1. The lowest BCUT2D eigenvalue weighted by atomic mass is 10.1. The topological polar surface area (TPSA) is 26.9 Å². The standard InChI is InChI=1S/C11H12N2OS/c14-11-9-7-8-3-1-2-5-12(8)10(9)4-6-13(11)15/h4,6-7,15H,1-3,5H2. The molecule has 4 heteroatoms. The van der Waals surface area contributed by atoms with Crippen LogP contribution in [0.1, 0.15) is 18.5 Å². The van der Waals surface area contributed by atoms with Crippen molar-refractivity contribution in [1.82, 2.24) is 8.54 Å². The summed E-state index contributed by atoms with van der Waals surface area (Å²) in [6, 6.07) is 3.99. The molecular weight excluding hydrogens is 208 g/mol. The van der Waals surface area contributed by atoms with Gasteiger partial charge < -0.3 is 4.57 Å². The normalized spacial score (nSPS) is 15.5. The van der Waals surface area contributed by atoms with Crippen molar-refractivity contribution < 1.29 is 0 Å². The van der Waals surface area contributed by atoms with E-state index in [1.807, 2.05) is 12.1 Å². The quantitative estimate of drug-likeness (QED) is 0.674. The number of rotatable bonds is 0. The number of aryl methyl sites for hydroxylation is 2. The Morgan fingerprint density at radius 3 is 3.07 bits per heavy atom. The number of thiol groups is 1. The third-order valence-electron chi connectivity index (χ3n) is 3.10. The molecule has 0 amide bonds. The molecule has 0 saturated carbocycles. The molecule has 0 radical (unpaired) electrons. The van der Waals surface area contributed by atoms with E-state index in [1.165, 1.54) is 22.5 Å². The van der Waals surface area contributed by atoms with Gasteiger partial charge in [0.05, 0.1) is 10.9 Å². The first-order valence-corrected chi connectivity index (χ1v) is 5.60. The third-order valence-corrected chi connectivity index (χ3v) is 3.42. The second kappa shape index (κ2) is 3.17. The molecule has 0 unspecified atom stereocenters. The van der Waals surface area contributed by atoms with Crippen LogP contribution in [-0.2, 0) is 13.0 Å². The lowest BCUT2D eigenvalue weighted by Gasteiger charge is -2.15. The van der Waals surface area contributed by atoms with Crippen molar-refractivity contribution in [3.05, 3.63) is 34.4 Å². The molecule has 0 spiro atoms. The fourth-order valence-electron chi connectivity index (χ4n) is 2.35. The van der Waals surface area contributed by atoms with E-state index in [0.717, 1.165) is 23.9 Å². The lowest BCUT2D eigenvalue weighted by Crippen LogP contribution is -2.12.